The first-order valence-corrected chi connectivity index (χ1v) is 8.11. The van der Waals surface area contributed by atoms with E-state index in [-0.39, 0.29) is 21.3 Å². The van der Waals surface area contributed by atoms with Crippen molar-refractivity contribution in [1.29, 1.82) is 0 Å². The molecule has 0 fully saturated rings. The molecular weight excluding hydrogens is 355 g/mol. The summed E-state index contributed by atoms with van der Waals surface area (Å²) in [5.74, 6) is -2.40. The zero-order valence-electron chi connectivity index (χ0n) is 12.2. The lowest BCUT2D eigenvalue weighted by atomic mass is 10.2. The molecule has 0 aliphatic rings. The van der Waals surface area contributed by atoms with Crippen LogP contribution in [0.2, 0.25) is 0 Å². The Morgan fingerprint density at radius 3 is 2.60 bits per heavy atom. The lowest BCUT2D eigenvalue weighted by Gasteiger charge is -2.05. The standard InChI is InChI=1S/C13H9FN6O4S/c14-7-1-3-8(4-2-7)25(23,24)11-6-15-16-12(11)9(21)5-10(22)13-17-19-20-18-13/h1-6,21H,(H,15,16)(H,17,18,19,20). The highest BCUT2D eigenvalue weighted by Crippen LogP contribution is 2.26. The van der Waals surface area contributed by atoms with Crippen molar-refractivity contribution < 1.29 is 22.7 Å². The van der Waals surface area contributed by atoms with Gasteiger partial charge in [-0.1, -0.05) is 0 Å². The van der Waals surface area contributed by atoms with Crippen molar-refractivity contribution >= 4 is 21.4 Å². The zero-order chi connectivity index (χ0) is 18.0. The van der Waals surface area contributed by atoms with Gasteiger partial charge >= 0.3 is 0 Å². The molecule has 0 aliphatic heterocycles. The van der Waals surface area contributed by atoms with Crippen molar-refractivity contribution in [3.63, 3.8) is 0 Å². The summed E-state index contributed by atoms with van der Waals surface area (Å²) in [6.45, 7) is 0. The Morgan fingerprint density at radius 2 is 1.96 bits per heavy atom. The van der Waals surface area contributed by atoms with Crippen LogP contribution in [0, 0.1) is 5.82 Å². The highest BCUT2D eigenvalue weighted by atomic mass is 32.2. The monoisotopic (exact) mass is 364 g/mol. The number of sulfone groups is 1. The van der Waals surface area contributed by atoms with Crippen molar-refractivity contribution in [3.8, 4) is 0 Å². The molecule has 0 radical (unpaired) electrons. The number of carbonyl (C=O) groups is 1. The number of aromatic nitrogens is 6. The van der Waals surface area contributed by atoms with E-state index in [1.807, 2.05) is 0 Å². The van der Waals surface area contributed by atoms with Gasteiger partial charge in [0.2, 0.25) is 21.4 Å². The molecular formula is C13H9FN6O4S. The number of H-pyrrole nitrogens is 2. The van der Waals surface area contributed by atoms with E-state index in [0.29, 0.717) is 0 Å². The average Bonchev–Trinajstić information content (AvgIpc) is 3.27. The molecule has 0 aliphatic carbocycles. The van der Waals surface area contributed by atoms with Crippen LogP contribution >= 0.6 is 0 Å². The van der Waals surface area contributed by atoms with Crippen LogP contribution in [0.1, 0.15) is 16.3 Å². The van der Waals surface area contributed by atoms with Gasteiger partial charge in [-0.3, -0.25) is 9.89 Å². The number of halogens is 1. The van der Waals surface area contributed by atoms with E-state index in [2.05, 4.69) is 30.8 Å². The zero-order valence-corrected chi connectivity index (χ0v) is 13.0. The van der Waals surface area contributed by atoms with Crippen LogP contribution in [0.3, 0.4) is 0 Å². The topological polar surface area (TPSA) is 155 Å². The molecule has 0 spiro atoms. The third-order valence-electron chi connectivity index (χ3n) is 3.11. The van der Waals surface area contributed by atoms with E-state index >= 15 is 0 Å². The number of nitrogens with zero attached hydrogens (tertiary/aromatic N) is 4. The minimum atomic E-state index is -4.10. The highest BCUT2D eigenvalue weighted by Gasteiger charge is 2.25. The van der Waals surface area contributed by atoms with Crippen LogP contribution < -0.4 is 0 Å². The van der Waals surface area contributed by atoms with Crippen LogP contribution in [0.4, 0.5) is 4.39 Å². The molecule has 0 bridgehead atoms. The van der Waals surface area contributed by atoms with Gasteiger partial charge in [0.1, 0.15) is 22.2 Å². The van der Waals surface area contributed by atoms with Gasteiger partial charge in [-0.15, -0.1) is 10.2 Å². The van der Waals surface area contributed by atoms with Gasteiger partial charge in [-0.05, 0) is 29.5 Å². The van der Waals surface area contributed by atoms with Crippen molar-refractivity contribution in [1.82, 2.24) is 30.8 Å². The first kappa shape index (κ1) is 16.4. The average molecular weight is 364 g/mol. The van der Waals surface area contributed by atoms with E-state index < -0.39 is 27.2 Å². The van der Waals surface area contributed by atoms with Crippen LogP contribution in [0.5, 0.6) is 0 Å². The Balaban J connectivity index is 2.00. The molecule has 10 nitrogen and oxygen atoms in total. The Hall–Kier alpha value is -3.41. The van der Waals surface area contributed by atoms with E-state index in [1.54, 1.807) is 0 Å². The van der Waals surface area contributed by atoms with Gasteiger partial charge in [-0.2, -0.15) is 10.3 Å². The second kappa shape index (κ2) is 6.24. The lowest BCUT2D eigenvalue weighted by Crippen LogP contribution is -2.05. The molecule has 128 valence electrons. The number of allylic oxidation sites excluding steroid dienone is 1. The predicted molar refractivity (Wildman–Crippen MR) is 79.6 cm³/mol. The summed E-state index contributed by atoms with van der Waals surface area (Å²) >= 11 is 0. The Morgan fingerprint density at radius 1 is 1.24 bits per heavy atom. The Kier molecular flexibility index (Phi) is 4.10. The number of rotatable bonds is 5. The van der Waals surface area contributed by atoms with Gasteiger partial charge in [-0.25, -0.2) is 12.8 Å². The maximum Gasteiger partial charge on any atom is 0.244 e. The highest BCUT2D eigenvalue weighted by molar-refractivity contribution is 7.91. The summed E-state index contributed by atoms with van der Waals surface area (Å²) in [5, 5.41) is 28.1. The predicted octanol–water partition coefficient (Wildman–Crippen LogP) is 0.676. The summed E-state index contributed by atoms with van der Waals surface area (Å²) in [6, 6.07) is 4.13. The van der Waals surface area contributed by atoms with E-state index in [4.69, 9.17) is 0 Å². The van der Waals surface area contributed by atoms with Crippen molar-refractivity contribution in [2.75, 3.05) is 0 Å². The molecule has 0 amide bonds. The molecule has 2 aromatic heterocycles. The second-order valence-corrected chi connectivity index (χ2v) is 6.61. The number of tetrazole rings is 1. The molecule has 12 heteroatoms. The molecule has 3 aromatic rings. The molecule has 3 rings (SSSR count). The number of hydrogen-bond acceptors (Lipinski definition) is 8. The summed E-state index contributed by atoms with van der Waals surface area (Å²) in [5.41, 5.74) is -0.304. The number of aliphatic hydroxyl groups is 1. The van der Waals surface area contributed by atoms with Crippen LogP contribution in [-0.2, 0) is 9.84 Å². The van der Waals surface area contributed by atoms with Gasteiger partial charge in [0.25, 0.3) is 0 Å². The van der Waals surface area contributed by atoms with E-state index in [0.717, 1.165) is 36.5 Å². The van der Waals surface area contributed by atoms with Crippen molar-refractivity contribution in [2.24, 2.45) is 0 Å². The number of hydrogen-bond donors (Lipinski definition) is 3. The molecule has 2 heterocycles. The number of ketones is 1. The largest absolute Gasteiger partial charge is 0.506 e. The van der Waals surface area contributed by atoms with Gasteiger partial charge < -0.3 is 5.11 Å². The third-order valence-corrected chi connectivity index (χ3v) is 4.89. The Bertz CT molecular complexity index is 1040. The fourth-order valence-corrected chi connectivity index (χ4v) is 3.29. The summed E-state index contributed by atoms with van der Waals surface area (Å²) < 4.78 is 38.2. The number of benzene rings is 1. The summed E-state index contributed by atoms with van der Waals surface area (Å²) in [6.07, 6.45) is 1.69. The van der Waals surface area contributed by atoms with Crippen LogP contribution in [-0.4, -0.2) is 50.1 Å². The number of nitrogens with one attached hydrogen (secondary N) is 2. The fraction of sp³-hybridized carbons (Fsp3) is 0. The summed E-state index contributed by atoms with van der Waals surface area (Å²) in [4.78, 5) is 11.3. The van der Waals surface area contributed by atoms with E-state index in [9.17, 15) is 22.7 Å². The van der Waals surface area contributed by atoms with Crippen LogP contribution in [0.15, 0.2) is 46.3 Å². The molecule has 1 aromatic carbocycles. The third kappa shape index (κ3) is 3.14. The minimum Gasteiger partial charge on any atom is -0.506 e. The number of aliphatic hydroxyl groups excluding tert-OH is 1. The molecule has 0 saturated carbocycles. The van der Waals surface area contributed by atoms with Crippen molar-refractivity contribution in [3.05, 3.63) is 53.9 Å². The first-order chi connectivity index (χ1) is 11.9. The minimum absolute atomic E-state index is 0.200. The second-order valence-electron chi connectivity index (χ2n) is 4.70. The van der Waals surface area contributed by atoms with Gasteiger partial charge in [0, 0.05) is 6.08 Å². The lowest BCUT2D eigenvalue weighted by molar-refractivity contribution is 0.103. The normalized spacial score (nSPS) is 12.3. The maximum absolute atomic E-state index is 13.0. The Labute approximate surface area is 139 Å². The van der Waals surface area contributed by atoms with Crippen molar-refractivity contribution in [2.45, 2.75) is 9.79 Å². The summed E-state index contributed by atoms with van der Waals surface area (Å²) in [7, 11) is -4.10. The first-order valence-electron chi connectivity index (χ1n) is 6.62. The van der Waals surface area contributed by atoms with Crippen LogP contribution in [0.25, 0.3) is 5.76 Å². The van der Waals surface area contributed by atoms with Gasteiger partial charge in [0.15, 0.2) is 0 Å². The molecule has 3 N–H and O–H groups in total. The molecule has 0 unspecified atom stereocenters. The molecule has 0 atom stereocenters. The fourth-order valence-electron chi connectivity index (χ4n) is 1.93. The number of aromatic amines is 2. The number of carbonyl (C=O) groups excluding carboxylic acids is 1. The SMILES string of the molecule is O=C(C=C(O)c1[nH]ncc1S(=O)(=O)c1ccc(F)cc1)c1nn[nH]n1. The smallest absolute Gasteiger partial charge is 0.244 e. The maximum atomic E-state index is 13.0. The van der Waals surface area contributed by atoms with E-state index in [1.165, 1.54) is 0 Å². The molecule has 25 heavy (non-hydrogen) atoms. The quantitative estimate of drug-likeness (QED) is 0.258. The molecule has 0 saturated heterocycles. The van der Waals surface area contributed by atoms with Gasteiger partial charge in [0.05, 0.1) is 11.1 Å².